The normalized spacial score (nSPS) is 10.6. The van der Waals surface area contributed by atoms with Gasteiger partial charge in [0.2, 0.25) is 0 Å². The molecule has 4 heteroatoms. The Hall–Kier alpha value is -1.81. The number of benzene rings is 2. The molecule has 2 rings (SSSR count). The van der Waals surface area contributed by atoms with E-state index in [0.29, 0.717) is 6.54 Å². The molecule has 0 aliphatic carbocycles. The smallest absolute Gasteiger partial charge is 0.194 e. The summed E-state index contributed by atoms with van der Waals surface area (Å²) in [6.07, 6.45) is 0. The molecule has 0 heterocycles. The first-order chi connectivity index (χ1) is 8.68. The van der Waals surface area contributed by atoms with Crippen LogP contribution in [0.1, 0.15) is 11.1 Å². The van der Waals surface area contributed by atoms with Crippen molar-refractivity contribution < 1.29 is 13.2 Å². The average Bonchev–Trinajstić information content (AvgIpc) is 2.40. The molecule has 0 radical (unpaired) electrons. The molecule has 94 valence electrons. The number of hydrogen-bond acceptors (Lipinski definition) is 1. The zero-order chi connectivity index (χ0) is 13.0. The van der Waals surface area contributed by atoms with Gasteiger partial charge >= 0.3 is 0 Å². The molecular weight excluding hydrogens is 239 g/mol. The highest BCUT2D eigenvalue weighted by atomic mass is 19.2. The van der Waals surface area contributed by atoms with Crippen molar-refractivity contribution in [3.05, 3.63) is 71.0 Å². The van der Waals surface area contributed by atoms with E-state index in [0.717, 1.165) is 11.6 Å². The monoisotopic (exact) mass is 251 g/mol. The molecule has 0 aromatic heterocycles. The van der Waals surface area contributed by atoms with Gasteiger partial charge in [-0.2, -0.15) is 0 Å². The molecule has 0 fully saturated rings. The van der Waals surface area contributed by atoms with Crippen LogP contribution in [0.4, 0.5) is 13.2 Å². The van der Waals surface area contributed by atoms with Gasteiger partial charge in [-0.3, -0.25) is 0 Å². The van der Waals surface area contributed by atoms with E-state index in [2.05, 4.69) is 5.32 Å². The highest BCUT2D eigenvalue weighted by Crippen LogP contribution is 2.15. The molecule has 1 nitrogen and oxygen atoms in total. The third kappa shape index (κ3) is 2.90. The zero-order valence-electron chi connectivity index (χ0n) is 9.59. The fraction of sp³-hybridized carbons (Fsp3) is 0.143. The van der Waals surface area contributed by atoms with Gasteiger partial charge in [-0.1, -0.05) is 36.4 Å². The van der Waals surface area contributed by atoms with Crippen molar-refractivity contribution in [3.8, 4) is 0 Å². The van der Waals surface area contributed by atoms with Crippen molar-refractivity contribution in [2.24, 2.45) is 0 Å². The first-order valence-electron chi connectivity index (χ1n) is 5.55. The molecule has 0 spiro atoms. The van der Waals surface area contributed by atoms with Gasteiger partial charge in [0.05, 0.1) is 0 Å². The van der Waals surface area contributed by atoms with E-state index in [1.807, 2.05) is 30.3 Å². The predicted octanol–water partition coefficient (Wildman–Crippen LogP) is 3.39. The minimum atomic E-state index is -1.42. The van der Waals surface area contributed by atoms with Crippen LogP contribution < -0.4 is 5.32 Å². The number of rotatable bonds is 4. The summed E-state index contributed by atoms with van der Waals surface area (Å²) in [7, 11) is 0. The second-order valence-electron chi connectivity index (χ2n) is 3.92. The van der Waals surface area contributed by atoms with E-state index in [4.69, 9.17) is 0 Å². The maximum Gasteiger partial charge on any atom is 0.194 e. The Kier molecular flexibility index (Phi) is 3.99. The highest BCUT2D eigenvalue weighted by molar-refractivity contribution is 5.20. The van der Waals surface area contributed by atoms with Crippen LogP contribution in [0.5, 0.6) is 0 Å². The molecule has 0 aliphatic rings. The molecule has 0 saturated heterocycles. The SMILES string of the molecule is Fc1ccc(CNCc2ccccc2)c(F)c1F. The molecular formula is C14H12F3N. The van der Waals surface area contributed by atoms with E-state index >= 15 is 0 Å². The van der Waals surface area contributed by atoms with Crippen LogP contribution in [0.2, 0.25) is 0 Å². The first kappa shape index (κ1) is 12.6. The maximum absolute atomic E-state index is 13.3. The third-order valence-corrected chi connectivity index (χ3v) is 2.60. The molecule has 0 aliphatic heterocycles. The average molecular weight is 251 g/mol. The van der Waals surface area contributed by atoms with Crippen molar-refractivity contribution in [2.45, 2.75) is 13.1 Å². The summed E-state index contributed by atoms with van der Waals surface area (Å²) in [6, 6.07) is 11.7. The van der Waals surface area contributed by atoms with Gasteiger partial charge < -0.3 is 5.32 Å². The molecule has 0 unspecified atom stereocenters. The molecule has 0 bridgehead atoms. The molecule has 0 atom stereocenters. The number of nitrogens with one attached hydrogen (secondary N) is 1. The van der Waals surface area contributed by atoms with Crippen LogP contribution in [0.3, 0.4) is 0 Å². The number of hydrogen-bond donors (Lipinski definition) is 1. The van der Waals surface area contributed by atoms with Crippen molar-refractivity contribution >= 4 is 0 Å². The molecule has 2 aromatic rings. The Labute approximate surface area is 103 Å². The lowest BCUT2D eigenvalue weighted by Gasteiger charge is -2.07. The van der Waals surface area contributed by atoms with E-state index in [1.54, 1.807) is 0 Å². The van der Waals surface area contributed by atoms with Crippen molar-refractivity contribution in [1.82, 2.24) is 5.32 Å². The Morgan fingerprint density at radius 2 is 1.50 bits per heavy atom. The minimum absolute atomic E-state index is 0.116. The van der Waals surface area contributed by atoms with Crippen LogP contribution in [0.15, 0.2) is 42.5 Å². The summed E-state index contributed by atoms with van der Waals surface area (Å²) in [5.41, 5.74) is 1.16. The lowest BCUT2D eigenvalue weighted by atomic mass is 10.2. The van der Waals surface area contributed by atoms with E-state index in [-0.39, 0.29) is 12.1 Å². The van der Waals surface area contributed by atoms with Gasteiger partial charge in [0.1, 0.15) is 0 Å². The van der Waals surface area contributed by atoms with Crippen LogP contribution in [-0.2, 0) is 13.1 Å². The molecule has 1 N–H and O–H groups in total. The summed E-state index contributed by atoms with van der Waals surface area (Å²) in [6.45, 7) is 0.692. The van der Waals surface area contributed by atoms with Gasteiger partial charge in [-0.25, -0.2) is 13.2 Å². The predicted molar refractivity (Wildman–Crippen MR) is 63.3 cm³/mol. The Balaban J connectivity index is 1.97. The fourth-order valence-corrected chi connectivity index (χ4v) is 1.64. The summed E-state index contributed by atoms with van der Waals surface area (Å²) in [4.78, 5) is 0. The lowest BCUT2D eigenvalue weighted by molar-refractivity contribution is 0.438. The van der Waals surface area contributed by atoms with Gasteiger partial charge in [-0.05, 0) is 11.6 Å². The van der Waals surface area contributed by atoms with Gasteiger partial charge in [0, 0.05) is 18.7 Å². The quantitative estimate of drug-likeness (QED) is 0.821. The largest absolute Gasteiger partial charge is 0.309 e. The van der Waals surface area contributed by atoms with Crippen LogP contribution >= 0.6 is 0 Å². The second-order valence-corrected chi connectivity index (χ2v) is 3.92. The Morgan fingerprint density at radius 1 is 0.778 bits per heavy atom. The highest BCUT2D eigenvalue weighted by Gasteiger charge is 2.12. The second kappa shape index (κ2) is 5.69. The van der Waals surface area contributed by atoms with Gasteiger partial charge in [0.15, 0.2) is 17.5 Å². The zero-order valence-corrected chi connectivity index (χ0v) is 9.59. The van der Waals surface area contributed by atoms with Gasteiger partial charge in [0.25, 0.3) is 0 Å². The molecule has 0 saturated carbocycles. The summed E-state index contributed by atoms with van der Waals surface area (Å²) >= 11 is 0. The molecule has 18 heavy (non-hydrogen) atoms. The standard InChI is InChI=1S/C14H12F3N/c15-12-7-6-11(13(16)14(12)17)9-18-8-10-4-2-1-3-5-10/h1-7,18H,8-9H2. The van der Waals surface area contributed by atoms with Gasteiger partial charge in [-0.15, -0.1) is 0 Å². The molecule has 0 amide bonds. The van der Waals surface area contributed by atoms with Crippen LogP contribution in [0, 0.1) is 17.5 Å². The minimum Gasteiger partial charge on any atom is -0.309 e. The van der Waals surface area contributed by atoms with Crippen molar-refractivity contribution in [3.63, 3.8) is 0 Å². The van der Waals surface area contributed by atoms with Crippen molar-refractivity contribution in [2.75, 3.05) is 0 Å². The Morgan fingerprint density at radius 3 is 2.22 bits per heavy atom. The number of halogens is 3. The van der Waals surface area contributed by atoms with E-state index < -0.39 is 17.5 Å². The lowest BCUT2D eigenvalue weighted by Crippen LogP contribution is -2.14. The van der Waals surface area contributed by atoms with Crippen LogP contribution in [-0.4, -0.2) is 0 Å². The first-order valence-corrected chi connectivity index (χ1v) is 5.55. The molecule has 2 aromatic carbocycles. The summed E-state index contributed by atoms with van der Waals surface area (Å²) < 4.78 is 39.0. The Bertz CT molecular complexity index is 526. The van der Waals surface area contributed by atoms with E-state index in [1.165, 1.54) is 6.07 Å². The topological polar surface area (TPSA) is 12.0 Å². The summed E-state index contributed by atoms with van der Waals surface area (Å²) in [5.74, 6) is -3.72. The maximum atomic E-state index is 13.3. The van der Waals surface area contributed by atoms with E-state index in [9.17, 15) is 13.2 Å². The van der Waals surface area contributed by atoms with Crippen molar-refractivity contribution in [1.29, 1.82) is 0 Å². The third-order valence-electron chi connectivity index (χ3n) is 2.60. The summed E-state index contributed by atoms with van der Waals surface area (Å²) in [5, 5.41) is 2.98. The van der Waals surface area contributed by atoms with Crippen LogP contribution in [0.25, 0.3) is 0 Å². The fourth-order valence-electron chi connectivity index (χ4n) is 1.64.